The second-order valence-corrected chi connectivity index (χ2v) is 6.19. The highest BCUT2D eigenvalue weighted by Gasteiger charge is 2.25. The van der Waals surface area contributed by atoms with Crippen molar-refractivity contribution in [2.45, 2.75) is 18.2 Å². The van der Waals surface area contributed by atoms with Gasteiger partial charge in [0.2, 0.25) is 10.0 Å². The summed E-state index contributed by atoms with van der Waals surface area (Å²) in [7, 11) is -3.93. The van der Waals surface area contributed by atoms with Gasteiger partial charge in [0, 0.05) is 24.2 Å². The molecule has 0 aliphatic carbocycles. The molecular weight excluding hydrogens is 341 g/mol. The van der Waals surface area contributed by atoms with Crippen molar-refractivity contribution in [2.75, 3.05) is 19.6 Å². The number of hydrogen-bond donors (Lipinski definition) is 2. The summed E-state index contributed by atoms with van der Waals surface area (Å²) in [6, 6.07) is 3.45. The molecule has 120 valence electrons. The third-order valence-corrected chi connectivity index (χ3v) is 4.17. The second kappa shape index (κ2) is 9.16. The van der Waals surface area contributed by atoms with Crippen LogP contribution < -0.4 is 10.0 Å². The van der Waals surface area contributed by atoms with E-state index in [0.29, 0.717) is 6.54 Å². The first-order chi connectivity index (χ1) is 9.38. The fourth-order valence-electron chi connectivity index (χ4n) is 1.51. The number of benzene rings is 1. The summed E-state index contributed by atoms with van der Waals surface area (Å²) in [6.07, 6.45) is 0.940. The Kier molecular flexibility index (Phi) is 8.76. The van der Waals surface area contributed by atoms with E-state index in [1.165, 1.54) is 6.07 Å². The molecule has 1 rings (SSSR count). The van der Waals surface area contributed by atoms with Gasteiger partial charge < -0.3 is 5.32 Å². The van der Waals surface area contributed by atoms with Gasteiger partial charge >= 0.3 is 0 Å². The fourth-order valence-corrected chi connectivity index (χ4v) is 2.86. The minimum atomic E-state index is -3.93. The van der Waals surface area contributed by atoms with Gasteiger partial charge in [-0.15, -0.1) is 12.4 Å². The molecule has 0 aliphatic heterocycles. The molecule has 0 aliphatic rings. The van der Waals surface area contributed by atoms with E-state index < -0.39 is 20.6 Å². The van der Waals surface area contributed by atoms with Gasteiger partial charge in [-0.25, -0.2) is 13.1 Å². The fraction of sp³-hybridized carbons (Fsp3) is 0.455. The molecule has 0 atom stereocenters. The molecule has 0 bridgehead atoms. The molecule has 0 spiro atoms. The van der Waals surface area contributed by atoms with E-state index in [9.17, 15) is 18.5 Å². The lowest BCUT2D eigenvalue weighted by atomic mass is 10.3. The largest absolute Gasteiger partial charge is 0.315 e. The molecule has 0 amide bonds. The van der Waals surface area contributed by atoms with Gasteiger partial charge in [0.1, 0.15) is 0 Å². The Bertz CT molecular complexity index is 581. The number of sulfonamides is 1. The lowest BCUT2D eigenvalue weighted by Gasteiger charge is -2.08. The van der Waals surface area contributed by atoms with E-state index in [-0.39, 0.29) is 28.9 Å². The van der Waals surface area contributed by atoms with Crippen LogP contribution in [-0.4, -0.2) is 33.0 Å². The SMILES string of the molecule is CCCNCCNS(=O)(=O)c1ccc(Cl)cc1[N+](=O)[O-].Cl. The van der Waals surface area contributed by atoms with Crippen molar-refractivity contribution < 1.29 is 13.3 Å². The summed E-state index contributed by atoms with van der Waals surface area (Å²) in [5, 5.41) is 14.0. The molecule has 0 radical (unpaired) electrons. The first-order valence-corrected chi connectivity index (χ1v) is 7.89. The van der Waals surface area contributed by atoms with Gasteiger partial charge in [-0.2, -0.15) is 0 Å². The van der Waals surface area contributed by atoms with Crippen LogP contribution in [-0.2, 0) is 10.0 Å². The first-order valence-electron chi connectivity index (χ1n) is 6.03. The standard InChI is InChI=1S/C11H16ClN3O4S.ClH/c1-2-5-13-6-7-14-20(18,19)11-4-3-9(12)8-10(11)15(16)17;/h3-4,8,13-14H,2,5-7H2,1H3;1H. The Morgan fingerprint density at radius 2 is 1.95 bits per heavy atom. The number of rotatable bonds is 8. The zero-order chi connectivity index (χ0) is 15.2. The highest BCUT2D eigenvalue weighted by Crippen LogP contribution is 2.26. The number of nitro benzene ring substituents is 1. The van der Waals surface area contributed by atoms with Crippen molar-refractivity contribution in [2.24, 2.45) is 0 Å². The molecule has 10 heteroatoms. The molecule has 1 aromatic rings. The topological polar surface area (TPSA) is 101 Å². The van der Waals surface area contributed by atoms with Crippen LogP contribution in [0.25, 0.3) is 0 Å². The van der Waals surface area contributed by atoms with Crippen LogP contribution >= 0.6 is 24.0 Å². The Morgan fingerprint density at radius 3 is 2.52 bits per heavy atom. The monoisotopic (exact) mass is 357 g/mol. The molecule has 0 aromatic heterocycles. The number of halogens is 2. The Balaban J connectivity index is 0.00000400. The quantitative estimate of drug-likeness (QED) is 0.420. The maximum absolute atomic E-state index is 12.0. The number of hydrogen-bond acceptors (Lipinski definition) is 5. The third kappa shape index (κ3) is 6.15. The van der Waals surface area contributed by atoms with Crippen molar-refractivity contribution in [3.05, 3.63) is 33.3 Å². The van der Waals surface area contributed by atoms with Crippen LogP contribution in [0.3, 0.4) is 0 Å². The van der Waals surface area contributed by atoms with Crippen molar-refractivity contribution in [3.8, 4) is 0 Å². The Labute approximate surface area is 134 Å². The van der Waals surface area contributed by atoms with Crippen molar-refractivity contribution >= 4 is 39.7 Å². The number of nitrogens with zero attached hydrogens (tertiary/aromatic N) is 1. The van der Waals surface area contributed by atoms with E-state index in [4.69, 9.17) is 11.6 Å². The van der Waals surface area contributed by atoms with Crippen molar-refractivity contribution in [1.29, 1.82) is 0 Å². The van der Waals surface area contributed by atoms with E-state index in [2.05, 4.69) is 10.0 Å². The van der Waals surface area contributed by atoms with Crippen molar-refractivity contribution in [3.63, 3.8) is 0 Å². The summed E-state index contributed by atoms with van der Waals surface area (Å²) in [4.78, 5) is 9.72. The van der Waals surface area contributed by atoms with Gasteiger partial charge in [0.25, 0.3) is 5.69 Å². The Hall–Kier alpha value is -0.930. The number of nitro groups is 1. The summed E-state index contributed by atoms with van der Waals surface area (Å²) >= 11 is 5.64. The molecular formula is C11H17Cl2N3O4S. The summed E-state index contributed by atoms with van der Waals surface area (Å²) in [5.74, 6) is 0. The first kappa shape index (κ1) is 20.1. The molecule has 0 fully saturated rings. The average molecular weight is 358 g/mol. The highest BCUT2D eigenvalue weighted by molar-refractivity contribution is 7.89. The summed E-state index contributed by atoms with van der Waals surface area (Å²) < 4.78 is 26.3. The molecule has 0 saturated heterocycles. The maximum atomic E-state index is 12.0. The van der Waals surface area contributed by atoms with E-state index >= 15 is 0 Å². The molecule has 2 N–H and O–H groups in total. The molecule has 0 saturated carbocycles. The molecule has 0 heterocycles. The summed E-state index contributed by atoms with van der Waals surface area (Å²) in [6.45, 7) is 3.38. The van der Waals surface area contributed by atoms with Gasteiger partial charge in [0.05, 0.1) is 4.92 Å². The molecule has 1 aromatic carbocycles. The van der Waals surface area contributed by atoms with Crippen LogP contribution in [0.4, 0.5) is 5.69 Å². The smallest absolute Gasteiger partial charge is 0.290 e. The zero-order valence-electron chi connectivity index (χ0n) is 11.3. The minimum absolute atomic E-state index is 0. The van der Waals surface area contributed by atoms with E-state index in [1.54, 1.807) is 0 Å². The lowest BCUT2D eigenvalue weighted by Crippen LogP contribution is -2.32. The highest BCUT2D eigenvalue weighted by atomic mass is 35.5. The normalized spacial score (nSPS) is 11.0. The Morgan fingerprint density at radius 1 is 1.29 bits per heavy atom. The van der Waals surface area contributed by atoms with Gasteiger partial charge in [-0.1, -0.05) is 18.5 Å². The summed E-state index contributed by atoms with van der Waals surface area (Å²) in [5.41, 5.74) is -0.536. The predicted molar refractivity (Wildman–Crippen MR) is 83.7 cm³/mol. The molecule has 7 nitrogen and oxygen atoms in total. The molecule has 21 heavy (non-hydrogen) atoms. The second-order valence-electron chi connectivity index (χ2n) is 4.02. The van der Waals surface area contributed by atoms with Crippen LogP contribution in [0.15, 0.2) is 23.1 Å². The van der Waals surface area contributed by atoms with Crippen LogP contribution in [0.1, 0.15) is 13.3 Å². The van der Waals surface area contributed by atoms with Gasteiger partial charge in [0.15, 0.2) is 4.90 Å². The minimum Gasteiger partial charge on any atom is -0.315 e. The lowest BCUT2D eigenvalue weighted by molar-refractivity contribution is -0.387. The van der Waals surface area contributed by atoms with E-state index in [1.807, 2.05) is 6.92 Å². The zero-order valence-corrected chi connectivity index (χ0v) is 13.7. The van der Waals surface area contributed by atoms with Gasteiger partial charge in [-0.3, -0.25) is 10.1 Å². The van der Waals surface area contributed by atoms with Crippen molar-refractivity contribution in [1.82, 2.24) is 10.0 Å². The van der Waals surface area contributed by atoms with E-state index in [0.717, 1.165) is 25.1 Å². The molecule has 0 unspecified atom stereocenters. The number of nitrogens with one attached hydrogen (secondary N) is 2. The van der Waals surface area contributed by atoms with Crippen LogP contribution in [0.5, 0.6) is 0 Å². The van der Waals surface area contributed by atoms with Crippen LogP contribution in [0, 0.1) is 10.1 Å². The predicted octanol–water partition coefficient (Wildman–Crippen LogP) is 1.95. The maximum Gasteiger partial charge on any atom is 0.290 e. The van der Waals surface area contributed by atoms with Gasteiger partial charge in [-0.05, 0) is 25.1 Å². The third-order valence-electron chi connectivity index (χ3n) is 2.43. The average Bonchev–Trinajstić information content (AvgIpc) is 2.38. The van der Waals surface area contributed by atoms with Crippen LogP contribution in [0.2, 0.25) is 5.02 Å².